The predicted octanol–water partition coefficient (Wildman–Crippen LogP) is 6.86. The van der Waals surface area contributed by atoms with Gasteiger partial charge in [0, 0.05) is 17.4 Å². The van der Waals surface area contributed by atoms with Crippen LogP contribution in [0.15, 0.2) is 91.1 Å². The first-order chi connectivity index (χ1) is 18.4. The molecule has 0 bridgehead atoms. The molecule has 1 N–H and O–H groups in total. The first kappa shape index (κ1) is 23.7. The topological polar surface area (TPSA) is 55.1 Å². The third-order valence-corrected chi connectivity index (χ3v) is 7.36. The highest BCUT2D eigenvalue weighted by Gasteiger charge is 2.36. The van der Waals surface area contributed by atoms with Gasteiger partial charge in [-0.1, -0.05) is 42.5 Å². The van der Waals surface area contributed by atoms with Crippen molar-refractivity contribution in [2.45, 2.75) is 33.4 Å². The maximum Gasteiger partial charge on any atom is 0.322 e. The maximum atomic E-state index is 14.5. The summed E-state index contributed by atoms with van der Waals surface area (Å²) in [5.74, 6) is 0.529. The molecule has 1 aliphatic rings. The van der Waals surface area contributed by atoms with Crippen molar-refractivity contribution < 1.29 is 9.18 Å². The van der Waals surface area contributed by atoms with E-state index in [1.54, 1.807) is 11.0 Å². The average molecular weight is 506 g/mol. The predicted molar refractivity (Wildman–Crippen MR) is 146 cm³/mol. The molecule has 6 nitrogen and oxygen atoms in total. The molecule has 0 radical (unpaired) electrons. The average Bonchev–Trinajstić information content (AvgIpc) is 3.47. The lowest BCUT2D eigenvalue weighted by molar-refractivity contribution is 0.194. The van der Waals surface area contributed by atoms with E-state index in [9.17, 15) is 9.18 Å². The molecule has 0 spiro atoms. The maximum absolute atomic E-state index is 14.5. The van der Waals surface area contributed by atoms with Gasteiger partial charge in [-0.25, -0.2) is 13.9 Å². The molecule has 1 atom stereocenters. The number of nitrogens with zero attached hydrogens (tertiary/aromatic N) is 4. The van der Waals surface area contributed by atoms with Gasteiger partial charge in [-0.2, -0.15) is 5.10 Å². The molecule has 0 saturated heterocycles. The van der Waals surface area contributed by atoms with Crippen LogP contribution in [-0.2, 0) is 6.54 Å². The van der Waals surface area contributed by atoms with Crippen LogP contribution in [0.1, 0.15) is 39.7 Å². The van der Waals surface area contributed by atoms with E-state index >= 15 is 0 Å². The highest BCUT2D eigenvalue weighted by Crippen LogP contribution is 2.39. The molecule has 190 valence electrons. The SMILES string of the molecule is Cc1cccc(NC(=O)N2Cc3c(C)nn(-c4ccccc4)c3-n3cccc3C2c2cccc(F)c2)c1C. The van der Waals surface area contributed by atoms with Gasteiger partial charge in [-0.3, -0.25) is 0 Å². The Kier molecular flexibility index (Phi) is 5.83. The van der Waals surface area contributed by atoms with Crippen molar-refractivity contribution in [3.05, 3.63) is 131 Å². The third kappa shape index (κ3) is 3.96. The largest absolute Gasteiger partial charge is 0.322 e. The van der Waals surface area contributed by atoms with E-state index in [1.807, 2.05) is 98.4 Å². The second-order valence-corrected chi connectivity index (χ2v) is 9.70. The Morgan fingerprint density at radius 2 is 1.74 bits per heavy atom. The van der Waals surface area contributed by atoms with Crippen LogP contribution < -0.4 is 5.32 Å². The van der Waals surface area contributed by atoms with Gasteiger partial charge >= 0.3 is 6.03 Å². The van der Waals surface area contributed by atoms with Crippen molar-refractivity contribution in [1.82, 2.24) is 19.2 Å². The van der Waals surface area contributed by atoms with E-state index in [0.717, 1.165) is 45.3 Å². The number of rotatable bonds is 3. The van der Waals surface area contributed by atoms with Gasteiger partial charge in [0.1, 0.15) is 11.6 Å². The third-order valence-electron chi connectivity index (χ3n) is 7.36. The van der Waals surface area contributed by atoms with E-state index in [0.29, 0.717) is 12.1 Å². The summed E-state index contributed by atoms with van der Waals surface area (Å²) < 4.78 is 18.5. The number of halogens is 1. The Morgan fingerprint density at radius 1 is 0.947 bits per heavy atom. The second-order valence-electron chi connectivity index (χ2n) is 9.70. The van der Waals surface area contributed by atoms with E-state index in [1.165, 1.54) is 12.1 Å². The number of carbonyl (C=O) groups excluding carboxylic acids is 1. The van der Waals surface area contributed by atoms with E-state index in [4.69, 9.17) is 5.10 Å². The molecule has 2 amide bonds. The van der Waals surface area contributed by atoms with Crippen molar-refractivity contribution in [1.29, 1.82) is 0 Å². The molecule has 0 fully saturated rings. The standard InChI is InChI=1S/C31H28FN5O/c1-20-10-7-15-27(21(20)2)33-31(38)36-19-26-22(3)34-37(25-13-5-4-6-14-25)30(26)35-17-9-16-28(35)29(36)23-11-8-12-24(32)18-23/h4-18,29H,19H2,1-3H3,(H,33,38). The quantitative estimate of drug-likeness (QED) is 0.291. The lowest BCUT2D eigenvalue weighted by Gasteiger charge is -2.31. The molecule has 5 aromatic rings. The van der Waals surface area contributed by atoms with Crippen LogP contribution in [0.2, 0.25) is 0 Å². The van der Waals surface area contributed by atoms with Gasteiger partial charge < -0.3 is 14.8 Å². The number of aryl methyl sites for hydroxylation is 2. The summed E-state index contributed by atoms with van der Waals surface area (Å²) in [7, 11) is 0. The van der Waals surface area contributed by atoms with Gasteiger partial charge in [0.05, 0.1) is 29.7 Å². The van der Waals surface area contributed by atoms with Gasteiger partial charge in [0.15, 0.2) is 0 Å². The summed E-state index contributed by atoms with van der Waals surface area (Å²) >= 11 is 0. The summed E-state index contributed by atoms with van der Waals surface area (Å²) in [6.07, 6.45) is 1.98. The Bertz CT molecular complexity index is 1650. The molecular formula is C31H28FN5O. The number of para-hydroxylation sites is 1. The number of benzene rings is 3. The normalized spacial score (nSPS) is 14.5. The van der Waals surface area contributed by atoms with Gasteiger partial charge in [-0.15, -0.1) is 0 Å². The fraction of sp³-hybridized carbons (Fsp3) is 0.161. The zero-order chi connectivity index (χ0) is 26.4. The van der Waals surface area contributed by atoms with Crippen molar-refractivity contribution in [2.75, 3.05) is 5.32 Å². The minimum absolute atomic E-state index is 0.263. The van der Waals surface area contributed by atoms with Crippen molar-refractivity contribution in [3.8, 4) is 11.5 Å². The van der Waals surface area contributed by atoms with E-state index in [2.05, 4.69) is 9.88 Å². The van der Waals surface area contributed by atoms with Gasteiger partial charge in [-0.05, 0) is 79.9 Å². The minimum atomic E-state index is -0.526. The number of anilines is 1. The fourth-order valence-electron chi connectivity index (χ4n) is 5.25. The number of fused-ring (bicyclic) bond motifs is 3. The van der Waals surface area contributed by atoms with Crippen LogP contribution in [0.4, 0.5) is 14.9 Å². The summed E-state index contributed by atoms with van der Waals surface area (Å²) in [6.45, 7) is 6.28. The molecule has 1 aliphatic heterocycles. The van der Waals surface area contributed by atoms with Crippen LogP contribution >= 0.6 is 0 Å². The van der Waals surface area contributed by atoms with E-state index in [-0.39, 0.29) is 11.8 Å². The molecule has 1 unspecified atom stereocenters. The van der Waals surface area contributed by atoms with Crippen molar-refractivity contribution in [3.63, 3.8) is 0 Å². The molecule has 2 aromatic heterocycles. The number of amides is 2. The zero-order valence-corrected chi connectivity index (χ0v) is 21.5. The molecule has 6 rings (SSSR count). The summed E-state index contributed by atoms with van der Waals surface area (Å²) in [6, 6.07) is 25.4. The van der Waals surface area contributed by atoms with Crippen LogP contribution in [0.25, 0.3) is 11.5 Å². The zero-order valence-electron chi connectivity index (χ0n) is 21.5. The van der Waals surface area contributed by atoms with Crippen LogP contribution in [0, 0.1) is 26.6 Å². The number of nitrogens with one attached hydrogen (secondary N) is 1. The van der Waals surface area contributed by atoms with Gasteiger partial charge in [0.25, 0.3) is 0 Å². The molecule has 38 heavy (non-hydrogen) atoms. The molecular weight excluding hydrogens is 477 g/mol. The van der Waals surface area contributed by atoms with Crippen LogP contribution in [-0.4, -0.2) is 25.3 Å². The highest BCUT2D eigenvalue weighted by atomic mass is 19.1. The number of hydrogen-bond acceptors (Lipinski definition) is 2. The van der Waals surface area contributed by atoms with Crippen LogP contribution in [0.3, 0.4) is 0 Å². The monoisotopic (exact) mass is 505 g/mol. The molecule has 0 saturated carbocycles. The number of hydrogen-bond donors (Lipinski definition) is 1. The molecule has 0 aliphatic carbocycles. The summed E-state index contributed by atoms with van der Waals surface area (Å²) in [5.41, 5.74) is 7.09. The first-order valence-electron chi connectivity index (χ1n) is 12.6. The minimum Gasteiger partial charge on any atom is -0.308 e. The molecule has 3 aromatic carbocycles. The smallest absolute Gasteiger partial charge is 0.308 e. The Morgan fingerprint density at radius 3 is 2.53 bits per heavy atom. The van der Waals surface area contributed by atoms with Crippen molar-refractivity contribution in [2.24, 2.45) is 0 Å². The summed E-state index contributed by atoms with van der Waals surface area (Å²) in [4.78, 5) is 15.8. The molecule has 3 heterocycles. The molecule has 7 heteroatoms. The Hall–Kier alpha value is -4.65. The van der Waals surface area contributed by atoms with Gasteiger partial charge in [0.2, 0.25) is 0 Å². The lowest BCUT2D eigenvalue weighted by Crippen LogP contribution is -2.38. The number of aromatic nitrogens is 3. The number of carbonyl (C=O) groups is 1. The Balaban J connectivity index is 1.54. The summed E-state index contributed by atoms with van der Waals surface area (Å²) in [5, 5.41) is 8.01. The fourth-order valence-corrected chi connectivity index (χ4v) is 5.25. The van der Waals surface area contributed by atoms with Crippen molar-refractivity contribution >= 4 is 11.7 Å². The first-order valence-corrected chi connectivity index (χ1v) is 12.6. The number of urea groups is 1. The second kappa shape index (κ2) is 9.34. The lowest BCUT2D eigenvalue weighted by atomic mass is 10.0. The van der Waals surface area contributed by atoms with E-state index < -0.39 is 6.04 Å². The highest BCUT2D eigenvalue weighted by molar-refractivity contribution is 5.91. The Labute approximate surface area is 221 Å². The van der Waals surface area contributed by atoms with Crippen LogP contribution in [0.5, 0.6) is 0 Å².